The molecule has 2 atom stereocenters. The van der Waals surface area contributed by atoms with E-state index in [1.54, 1.807) is 0 Å². The van der Waals surface area contributed by atoms with E-state index in [0.717, 1.165) is 171 Å². The number of para-hydroxylation sites is 8. The van der Waals surface area contributed by atoms with E-state index in [1.165, 1.54) is 10.8 Å². The summed E-state index contributed by atoms with van der Waals surface area (Å²) in [5, 5.41) is 20.2. The van der Waals surface area contributed by atoms with Gasteiger partial charge in [-0.05, 0) is 96.6 Å². The highest BCUT2D eigenvalue weighted by Crippen LogP contribution is 2.45. The number of hydrogen-bond donors (Lipinski definition) is 2. The Bertz CT molecular complexity index is 7040. The number of nitrogens with zero attached hydrogens (tertiary/aromatic N) is 6. The van der Waals surface area contributed by atoms with Gasteiger partial charge in [0.25, 0.3) is 0 Å². The van der Waals surface area contributed by atoms with Gasteiger partial charge in [-0.25, -0.2) is 20.0 Å². The fourth-order valence-corrected chi connectivity index (χ4v) is 16.0. The van der Waals surface area contributed by atoms with E-state index in [-0.39, 0.29) is 0 Å². The summed E-state index contributed by atoms with van der Waals surface area (Å²) >= 11 is 0. The maximum Gasteiger partial charge on any atom is 0.163 e. The van der Waals surface area contributed by atoms with Gasteiger partial charge in [0.05, 0.1) is 33.2 Å². The van der Waals surface area contributed by atoms with Crippen molar-refractivity contribution in [3.63, 3.8) is 0 Å². The van der Waals surface area contributed by atoms with Crippen molar-refractivity contribution in [1.82, 2.24) is 19.8 Å². The summed E-state index contributed by atoms with van der Waals surface area (Å²) in [5.41, 5.74) is 20.0. The van der Waals surface area contributed by atoms with E-state index in [9.17, 15) is 0 Å². The molecule has 0 saturated carbocycles. The van der Waals surface area contributed by atoms with Gasteiger partial charge in [-0.3, -0.25) is 0 Å². The van der Waals surface area contributed by atoms with Gasteiger partial charge in [0.2, 0.25) is 0 Å². The summed E-state index contributed by atoms with van der Waals surface area (Å²) in [7, 11) is 0. The predicted octanol–water partition coefficient (Wildman–Crippen LogP) is 22.1. The monoisotopic (exact) mass is 1310 g/mol. The van der Waals surface area contributed by atoms with Gasteiger partial charge in [-0.15, -0.1) is 0 Å². The van der Waals surface area contributed by atoms with E-state index in [1.807, 2.05) is 54.6 Å². The van der Waals surface area contributed by atoms with Crippen LogP contribution >= 0.6 is 0 Å². The zero-order chi connectivity index (χ0) is 66.7. The fourth-order valence-electron chi connectivity index (χ4n) is 16.0. The second kappa shape index (κ2) is 21.8. The lowest BCUT2D eigenvalue weighted by Crippen LogP contribution is -2.33. The maximum atomic E-state index is 7.18. The van der Waals surface area contributed by atoms with Gasteiger partial charge in [0.15, 0.2) is 17.8 Å². The number of nitrogens with one attached hydrogen (secondary N) is 2. The summed E-state index contributed by atoms with van der Waals surface area (Å²) in [6.07, 6.45) is -1.05. The van der Waals surface area contributed by atoms with Crippen molar-refractivity contribution >= 4 is 155 Å². The number of amidine groups is 4. The maximum absolute atomic E-state index is 7.18. The molecule has 0 bridgehead atoms. The summed E-state index contributed by atoms with van der Waals surface area (Å²) < 4.78 is 32.1. The molecule has 0 saturated heterocycles. The smallest absolute Gasteiger partial charge is 0.163 e. The second-order valence-corrected chi connectivity index (χ2v) is 26.4. The highest BCUT2D eigenvalue weighted by atomic mass is 16.3. The quantitative estimate of drug-likeness (QED) is 0.148. The van der Waals surface area contributed by atoms with Gasteiger partial charge in [0, 0.05) is 104 Å². The predicted molar refractivity (Wildman–Crippen MR) is 413 cm³/mol. The van der Waals surface area contributed by atoms with E-state index in [0.29, 0.717) is 28.9 Å². The highest BCUT2D eigenvalue weighted by Gasteiger charge is 2.30. The molecule has 20 aromatic rings. The molecular weight excluding hydrogens is 1260 g/mol. The molecule has 2 unspecified atom stereocenters. The molecule has 14 aromatic carbocycles. The van der Waals surface area contributed by atoms with Crippen LogP contribution in [0.1, 0.15) is 45.7 Å². The zero-order valence-electron chi connectivity index (χ0n) is 54.3. The molecule has 8 heterocycles. The number of fused-ring (bicyclic) bond motifs is 18. The summed E-state index contributed by atoms with van der Waals surface area (Å²) in [6, 6.07) is 106. The third-order valence-electron chi connectivity index (χ3n) is 20.7. The third kappa shape index (κ3) is 8.56. The average Bonchev–Trinajstić information content (AvgIpc) is 1.57. The zero-order valence-corrected chi connectivity index (χ0v) is 54.3. The SMILES string of the molecule is c1ccc(C2=NC(c3cccc4c3oc3ccc(-n5c6ccccc6c6cccc(-c7ccc8c(c7)oc7c(C9N=C(c%10cccc%11c%10oc%10ccc(-n%12c%13ccccc%13c%13ccccc%13%12)cc%10%11)N=C(c%10ccccc%10)N9)cccc78)c65)cc34)=NC(c3ccc4c(c3)oc3ccccc34)N2)cc1. The lowest BCUT2D eigenvalue weighted by Gasteiger charge is -2.23. The van der Waals surface area contributed by atoms with Crippen molar-refractivity contribution < 1.29 is 17.7 Å². The Morgan fingerprint density at radius 3 is 1.37 bits per heavy atom. The molecular formula is C90H54N8O4. The molecule has 0 radical (unpaired) electrons. The molecule has 2 aliphatic rings. The van der Waals surface area contributed by atoms with Crippen molar-refractivity contribution in [2.24, 2.45) is 20.0 Å². The lowest BCUT2D eigenvalue weighted by molar-refractivity contribution is 0.628. The summed E-state index contributed by atoms with van der Waals surface area (Å²) in [5.74, 6) is 2.53. The van der Waals surface area contributed by atoms with Crippen LogP contribution in [0.5, 0.6) is 0 Å². The molecule has 2 aliphatic heterocycles. The number of benzene rings is 14. The molecule has 0 aliphatic carbocycles. The molecule has 0 spiro atoms. The number of aliphatic imine (C=N–C) groups is 4. The normalized spacial score (nSPS) is 15.1. The van der Waals surface area contributed by atoms with Crippen LogP contribution in [0.15, 0.2) is 341 Å². The number of rotatable bonds is 9. The van der Waals surface area contributed by atoms with Crippen LogP contribution in [-0.4, -0.2) is 32.5 Å². The molecule has 6 aromatic heterocycles. The summed E-state index contributed by atoms with van der Waals surface area (Å²) in [4.78, 5) is 21.4. The van der Waals surface area contributed by atoms with Gasteiger partial charge >= 0.3 is 0 Å². The molecule has 0 fully saturated rings. The summed E-state index contributed by atoms with van der Waals surface area (Å²) in [6.45, 7) is 0. The number of furan rings is 4. The molecule has 12 heteroatoms. The Morgan fingerprint density at radius 1 is 0.275 bits per heavy atom. The van der Waals surface area contributed by atoms with Crippen LogP contribution in [0.3, 0.4) is 0 Å². The topological polar surface area (TPSA) is 136 Å². The first-order valence-electron chi connectivity index (χ1n) is 34.3. The van der Waals surface area contributed by atoms with Gasteiger partial charge in [-0.1, -0.05) is 212 Å². The van der Waals surface area contributed by atoms with Gasteiger partial charge < -0.3 is 37.4 Å². The van der Waals surface area contributed by atoms with Crippen molar-refractivity contribution in [2.75, 3.05) is 0 Å². The Balaban J connectivity index is 0.643. The Morgan fingerprint density at radius 2 is 0.725 bits per heavy atom. The van der Waals surface area contributed by atoms with Crippen molar-refractivity contribution in [2.45, 2.75) is 12.3 Å². The largest absolute Gasteiger partial charge is 0.456 e. The van der Waals surface area contributed by atoms with Crippen LogP contribution in [0.2, 0.25) is 0 Å². The Kier molecular flexibility index (Phi) is 12.0. The molecule has 102 heavy (non-hydrogen) atoms. The van der Waals surface area contributed by atoms with Crippen molar-refractivity contribution in [3.8, 4) is 22.5 Å². The third-order valence-corrected chi connectivity index (χ3v) is 20.7. The van der Waals surface area contributed by atoms with Gasteiger partial charge in [0.1, 0.15) is 62.5 Å². The molecule has 0 amide bonds. The molecule has 478 valence electrons. The van der Waals surface area contributed by atoms with Gasteiger partial charge in [-0.2, -0.15) is 0 Å². The minimum absolute atomic E-state index is 0.466. The van der Waals surface area contributed by atoms with E-state index >= 15 is 0 Å². The minimum Gasteiger partial charge on any atom is -0.456 e. The van der Waals surface area contributed by atoms with Crippen LogP contribution in [0, 0.1) is 0 Å². The number of hydrogen-bond acceptors (Lipinski definition) is 10. The minimum atomic E-state index is -0.582. The molecule has 22 rings (SSSR count). The molecule has 12 nitrogen and oxygen atoms in total. The van der Waals surface area contributed by atoms with E-state index in [4.69, 9.17) is 37.6 Å². The van der Waals surface area contributed by atoms with Crippen LogP contribution in [0.25, 0.3) is 154 Å². The number of aromatic nitrogens is 2. The van der Waals surface area contributed by atoms with Crippen molar-refractivity contribution in [1.29, 1.82) is 0 Å². The first kappa shape index (κ1) is 56.2. The Hall–Kier alpha value is -13.8. The first-order valence-corrected chi connectivity index (χ1v) is 34.3. The molecule has 2 N–H and O–H groups in total. The second-order valence-electron chi connectivity index (χ2n) is 26.4. The van der Waals surface area contributed by atoms with Crippen molar-refractivity contribution in [3.05, 3.63) is 337 Å². The lowest BCUT2D eigenvalue weighted by atomic mass is 10.00. The Labute approximate surface area is 580 Å². The van der Waals surface area contributed by atoms with Crippen LogP contribution in [-0.2, 0) is 0 Å². The van der Waals surface area contributed by atoms with Crippen LogP contribution < -0.4 is 10.6 Å². The van der Waals surface area contributed by atoms with E-state index in [2.05, 4.69) is 268 Å². The standard InChI is InChI=1S/C90H54N8O4/c1-3-19-51(20-4-1)85-91-87(54-40-44-62-61-26-10-14-38-76(61)99-79(62)48-54)95-88(92-85)69-33-17-31-67-72-50-56(42-46-78(72)101-83(67)69)98-75-37-13-9-25-60(75)64-28-15-27-57(81(64)98)53-39-43-63-65-29-16-32-68(82(65)102-80(63)47-53)89-93-86(52-21-5-2-6-22-52)94-90(96-89)70-34-18-30-66-71-49-55(41-45-77(71)100-84(66)70)97-73-35-11-7-23-58(73)59-24-8-12-36-74(59)97/h1-50,87,89H,(H,91,92,95)(H,93,94,96). The fraction of sp³-hybridized carbons (Fsp3) is 0.0222. The highest BCUT2D eigenvalue weighted by molar-refractivity contribution is 6.23. The van der Waals surface area contributed by atoms with Crippen LogP contribution in [0.4, 0.5) is 0 Å². The first-order chi connectivity index (χ1) is 50.5. The van der Waals surface area contributed by atoms with E-state index < -0.39 is 12.3 Å². The average molecular weight is 1310 g/mol.